The molecule has 2 fully saturated rings. The van der Waals surface area contributed by atoms with E-state index in [4.69, 9.17) is 0 Å². The highest BCUT2D eigenvalue weighted by Gasteiger charge is 2.44. The lowest BCUT2D eigenvalue weighted by molar-refractivity contribution is -0.123. The van der Waals surface area contributed by atoms with Gasteiger partial charge < -0.3 is 10.2 Å². The van der Waals surface area contributed by atoms with Crippen molar-refractivity contribution in [1.29, 1.82) is 0 Å². The van der Waals surface area contributed by atoms with E-state index in [1.807, 2.05) is 18.2 Å². The molecule has 0 radical (unpaired) electrons. The Morgan fingerprint density at radius 2 is 1.71 bits per heavy atom. The fourth-order valence-corrected chi connectivity index (χ4v) is 4.84. The molecule has 2 aliphatic rings. The Labute approximate surface area is 200 Å². The Hall–Kier alpha value is -4.07. The smallest absolute Gasteiger partial charge is 0.229 e. The van der Waals surface area contributed by atoms with Gasteiger partial charge in [-0.2, -0.15) is 5.10 Å². The molecule has 2 atom stereocenters. The first-order valence-corrected chi connectivity index (χ1v) is 11.6. The second-order valence-electron chi connectivity index (χ2n) is 9.13. The number of fused-ring (bicyclic) bond motifs is 1. The maximum atomic E-state index is 14.1. The molecule has 4 aromatic rings. The van der Waals surface area contributed by atoms with Gasteiger partial charge in [0.05, 0.1) is 29.5 Å². The minimum atomic E-state index is -0.537. The standard InChI is InChI=1S/C27H22F2N4O2/c28-19-6-8-21(9-7-19)33-24-11-10-22(13-18(24)15-30-33)32-25(34)14-23(31-27(35)16-4-5-16)26(32)17-2-1-3-20(29)12-17/h1-3,6-13,15-16,23,26H,4-5,14H2,(H,31,35)/t23-,26+/m0/s1. The Bertz CT molecular complexity index is 1450. The molecule has 35 heavy (non-hydrogen) atoms. The zero-order valence-corrected chi connectivity index (χ0v) is 18.7. The van der Waals surface area contributed by atoms with Crippen molar-refractivity contribution in [1.82, 2.24) is 15.1 Å². The number of halogens is 2. The molecule has 2 heterocycles. The number of nitrogens with one attached hydrogen (secondary N) is 1. The maximum absolute atomic E-state index is 14.1. The van der Waals surface area contributed by atoms with Gasteiger partial charge in [-0.15, -0.1) is 0 Å². The summed E-state index contributed by atoms with van der Waals surface area (Å²) in [5.41, 5.74) is 2.78. The number of hydrogen-bond acceptors (Lipinski definition) is 3. The monoisotopic (exact) mass is 472 g/mol. The lowest BCUT2D eigenvalue weighted by Crippen LogP contribution is -2.40. The molecule has 176 valence electrons. The number of aromatic nitrogens is 2. The molecule has 6 nitrogen and oxygen atoms in total. The third kappa shape index (κ3) is 3.95. The molecule has 3 aromatic carbocycles. The zero-order valence-electron chi connectivity index (χ0n) is 18.7. The molecule has 1 aromatic heterocycles. The Morgan fingerprint density at radius 3 is 2.46 bits per heavy atom. The van der Waals surface area contributed by atoms with Crippen LogP contribution in [-0.2, 0) is 9.59 Å². The number of rotatable bonds is 5. The van der Waals surface area contributed by atoms with E-state index >= 15 is 0 Å². The van der Waals surface area contributed by atoms with Crippen molar-refractivity contribution in [3.8, 4) is 5.69 Å². The van der Waals surface area contributed by atoms with Crippen LogP contribution in [-0.4, -0.2) is 27.6 Å². The molecule has 0 bridgehead atoms. The van der Waals surface area contributed by atoms with Gasteiger partial charge in [0.1, 0.15) is 11.6 Å². The first kappa shape index (κ1) is 21.5. The van der Waals surface area contributed by atoms with E-state index in [1.165, 1.54) is 24.3 Å². The first-order valence-electron chi connectivity index (χ1n) is 11.6. The number of nitrogens with zero attached hydrogens (tertiary/aromatic N) is 3. The van der Waals surface area contributed by atoms with Crippen molar-refractivity contribution >= 4 is 28.4 Å². The summed E-state index contributed by atoms with van der Waals surface area (Å²) in [7, 11) is 0. The summed E-state index contributed by atoms with van der Waals surface area (Å²) in [6.07, 6.45) is 3.53. The van der Waals surface area contributed by atoms with Crippen molar-refractivity contribution in [3.63, 3.8) is 0 Å². The zero-order chi connectivity index (χ0) is 24.1. The van der Waals surface area contributed by atoms with Gasteiger partial charge in [-0.25, -0.2) is 13.5 Å². The van der Waals surface area contributed by atoms with Crippen molar-refractivity contribution in [3.05, 3.63) is 90.1 Å². The fourth-order valence-electron chi connectivity index (χ4n) is 4.84. The number of carbonyl (C=O) groups excluding carboxylic acids is 2. The lowest BCUT2D eigenvalue weighted by Gasteiger charge is -2.29. The number of anilines is 1. The van der Waals surface area contributed by atoms with Crippen LogP contribution in [0.3, 0.4) is 0 Å². The highest BCUT2D eigenvalue weighted by molar-refractivity contribution is 6.00. The summed E-state index contributed by atoms with van der Waals surface area (Å²) in [5, 5.41) is 8.27. The average Bonchev–Trinajstić information content (AvgIpc) is 3.54. The molecule has 1 aliphatic carbocycles. The SMILES string of the molecule is O=C(N[C@H]1CC(=O)N(c2ccc3c(cnn3-c3ccc(F)cc3)c2)[C@@H]1c1cccc(F)c1)C1CC1. The van der Waals surface area contributed by atoms with Crippen LogP contribution in [0.4, 0.5) is 14.5 Å². The largest absolute Gasteiger partial charge is 0.350 e. The number of hydrogen-bond donors (Lipinski definition) is 1. The van der Waals surface area contributed by atoms with E-state index in [1.54, 1.807) is 40.0 Å². The highest BCUT2D eigenvalue weighted by atomic mass is 19.1. The van der Waals surface area contributed by atoms with Gasteiger partial charge in [-0.3, -0.25) is 9.59 Å². The summed E-state index contributed by atoms with van der Waals surface area (Å²) in [4.78, 5) is 27.4. The van der Waals surface area contributed by atoms with Crippen molar-refractivity contribution in [2.45, 2.75) is 31.3 Å². The third-order valence-corrected chi connectivity index (χ3v) is 6.69. The van der Waals surface area contributed by atoms with Gasteiger partial charge >= 0.3 is 0 Å². The van der Waals surface area contributed by atoms with Gasteiger partial charge in [-0.05, 0) is 73.0 Å². The van der Waals surface area contributed by atoms with Crippen LogP contribution in [0.5, 0.6) is 0 Å². The van der Waals surface area contributed by atoms with E-state index < -0.39 is 17.9 Å². The number of carbonyl (C=O) groups is 2. The normalized spacial score (nSPS) is 19.9. The van der Waals surface area contributed by atoms with Crippen molar-refractivity contribution in [2.75, 3.05) is 4.90 Å². The fraction of sp³-hybridized carbons (Fsp3) is 0.222. The molecular formula is C27H22F2N4O2. The summed E-state index contributed by atoms with van der Waals surface area (Å²) < 4.78 is 29.2. The summed E-state index contributed by atoms with van der Waals surface area (Å²) >= 11 is 0. The molecule has 1 saturated carbocycles. The van der Waals surface area contributed by atoms with Gasteiger partial charge in [0.25, 0.3) is 0 Å². The van der Waals surface area contributed by atoms with Crippen molar-refractivity contribution < 1.29 is 18.4 Å². The molecule has 8 heteroatoms. The van der Waals surface area contributed by atoms with Crippen LogP contribution in [0.25, 0.3) is 16.6 Å². The molecule has 6 rings (SSSR count). The minimum absolute atomic E-state index is 0.000891. The van der Waals surface area contributed by atoms with Crippen molar-refractivity contribution in [2.24, 2.45) is 5.92 Å². The molecule has 1 N–H and O–H groups in total. The predicted octanol–water partition coefficient (Wildman–Crippen LogP) is 4.68. The van der Waals surface area contributed by atoms with Gasteiger partial charge in [0.15, 0.2) is 0 Å². The Kier molecular flexibility index (Phi) is 5.09. The Balaban J connectivity index is 1.39. The molecule has 0 unspecified atom stereocenters. The number of benzene rings is 3. The van der Waals surface area contributed by atoms with Crippen LogP contribution < -0.4 is 10.2 Å². The predicted molar refractivity (Wildman–Crippen MR) is 127 cm³/mol. The van der Waals surface area contributed by atoms with Crippen LogP contribution in [0.15, 0.2) is 72.9 Å². The quantitative estimate of drug-likeness (QED) is 0.459. The molecular weight excluding hydrogens is 450 g/mol. The Morgan fingerprint density at radius 1 is 0.943 bits per heavy atom. The summed E-state index contributed by atoms with van der Waals surface area (Å²) in [5.74, 6) is -0.925. The first-order chi connectivity index (χ1) is 17.0. The van der Waals surface area contributed by atoms with Gasteiger partial charge in [0.2, 0.25) is 11.8 Å². The second kappa shape index (κ2) is 8.30. The van der Waals surface area contributed by atoms with Crippen LogP contribution >= 0.6 is 0 Å². The van der Waals surface area contributed by atoms with E-state index in [9.17, 15) is 18.4 Å². The second-order valence-corrected chi connectivity index (χ2v) is 9.13. The van der Waals surface area contributed by atoms with E-state index in [0.717, 1.165) is 23.7 Å². The lowest BCUT2D eigenvalue weighted by atomic mass is 9.99. The van der Waals surface area contributed by atoms with Gasteiger partial charge in [0, 0.05) is 23.4 Å². The summed E-state index contributed by atoms with van der Waals surface area (Å²) in [6, 6.07) is 16.7. The van der Waals surface area contributed by atoms with Crippen LogP contribution in [0, 0.1) is 17.6 Å². The van der Waals surface area contributed by atoms with E-state index in [2.05, 4.69) is 10.4 Å². The molecule has 0 spiro atoms. The van der Waals surface area contributed by atoms with E-state index in [-0.39, 0.29) is 30.0 Å². The topological polar surface area (TPSA) is 67.2 Å². The molecule has 1 saturated heterocycles. The average molecular weight is 472 g/mol. The van der Waals surface area contributed by atoms with E-state index in [0.29, 0.717) is 16.9 Å². The molecule has 2 amide bonds. The van der Waals surface area contributed by atoms with Crippen LogP contribution in [0.2, 0.25) is 0 Å². The maximum Gasteiger partial charge on any atom is 0.229 e. The third-order valence-electron chi connectivity index (χ3n) is 6.69. The van der Waals surface area contributed by atoms with Crippen LogP contribution in [0.1, 0.15) is 30.9 Å². The number of amides is 2. The minimum Gasteiger partial charge on any atom is -0.350 e. The van der Waals surface area contributed by atoms with Gasteiger partial charge in [-0.1, -0.05) is 12.1 Å². The summed E-state index contributed by atoms with van der Waals surface area (Å²) in [6.45, 7) is 0. The molecule has 1 aliphatic heterocycles. The highest BCUT2D eigenvalue weighted by Crippen LogP contribution is 2.39.